The van der Waals surface area contributed by atoms with Gasteiger partial charge in [-0.1, -0.05) is 6.42 Å². The largest absolute Gasteiger partial charge is 0.490 e. The summed E-state index contributed by atoms with van der Waals surface area (Å²) in [6, 6.07) is 2.90. The highest BCUT2D eigenvalue weighted by atomic mass is 79.9. The Kier molecular flexibility index (Phi) is 6.38. The van der Waals surface area contributed by atoms with E-state index in [1.54, 1.807) is 0 Å². The lowest BCUT2D eigenvalue weighted by Crippen LogP contribution is -2.33. The van der Waals surface area contributed by atoms with Crippen molar-refractivity contribution in [2.45, 2.75) is 24.2 Å². The lowest BCUT2D eigenvalue weighted by atomic mass is 10.1. The van der Waals surface area contributed by atoms with Gasteiger partial charge in [-0.25, -0.2) is 8.42 Å². The molecule has 1 aliphatic heterocycles. The van der Waals surface area contributed by atoms with Crippen molar-refractivity contribution in [3.63, 3.8) is 0 Å². The smallest absolute Gasteiger partial charge is 0.261 e. The molecule has 0 aromatic heterocycles. The molecule has 21 heavy (non-hydrogen) atoms. The number of ether oxygens (including phenoxy) is 1. The summed E-state index contributed by atoms with van der Waals surface area (Å²) in [5, 5.41) is 0. The highest BCUT2D eigenvalue weighted by Crippen LogP contribution is 2.36. The SMILES string of the molecule is O=S(=O)(Cl)c1cc(Br)c(OCCN2CCCCC2)c(Br)c1. The molecule has 4 nitrogen and oxygen atoms in total. The van der Waals surface area contributed by atoms with Crippen LogP contribution in [0.15, 0.2) is 26.0 Å². The first-order chi connectivity index (χ1) is 9.88. The molecule has 0 spiro atoms. The average Bonchev–Trinajstić information content (AvgIpc) is 2.42. The van der Waals surface area contributed by atoms with Gasteiger partial charge in [0, 0.05) is 17.2 Å². The van der Waals surface area contributed by atoms with Gasteiger partial charge in [0.15, 0.2) is 0 Å². The third-order valence-electron chi connectivity index (χ3n) is 3.36. The van der Waals surface area contributed by atoms with Gasteiger partial charge < -0.3 is 4.74 Å². The van der Waals surface area contributed by atoms with Crippen molar-refractivity contribution < 1.29 is 13.2 Å². The Morgan fingerprint density at radius 2 is 1.71 bits per heavy atom. The van der Waals surface area contributed by atoms with Crippen molar-refractivity contribution >= 4 is 51.6 Å². The molecule has 1 aromatic rings. The monoisotopic (exact) mass is 459 g/mol. The maximum Gasteiger partial charge on any atom is 0.261 e. The van der Waals surface area contributed by atoms with Crippen LogP contribution in [0.25, 0.3) is 0 Å². The molecule has 1 fully saturated rings. The van der Waals surface area contributed by atoms with E-state index in [4.69, 9.17) is 15.4 Å². The maximum atomic E-state index is 11.3. The topological polar surface area (TPSA) is 46.6 Å². The number of nitrogens with zero attached hydrogens (tertiary/aromatic N) is 1. The highest BCUT2D eigenvalue weighted by molar-refractivity contribution is 9.11. The van der Waals surface area contributed by atoms with Crippen LogP contribution in [0.5, 0.6) is 5.75 Å². The number of hydrogen-bond donors (Lipinski definition) is 0. The van der Waals surface area contributed by atoms with E-state index in [0.717, 1.165) is 19.6 Å². The third kappa shape index (κ3) is 5.10. The van der Waals surface area contributed by atoms with Crippen LogP contribution in [0, 0.1) is 0 Å². The lowest BCUT2D eigenvalue weighted by Gasteiger charge is -2.26. The van der Waals surface area contributed by atoms with E-state index >= 15 is 0 Å². The Balaban J connectivity index is 2.00. The fourth-order valence-electron chi connectivity index (χ4n) is 2.28. The Morgan fingerprint density at radius 1 is 1.14 bits per heavy atom. The molecule has 1 heterocycles. The quantitative estimate of drug-likeness (QED) is 0.622. The number of rotatable bonds is 5. The Labute approximate surface area is 146 Å². The molecule has 2 rings (SSSR count). The van der Waals surface area contributed by atoms with E-state index in [0.29, 0.717) is 21.3 Å². The average molecular weight is 462 g/mol. The first-order valence-electron chi connectivity index (χ1n) is 6.67. The lowest BCUT2D eigenvalue weighted by molar-refractivity contribution is 0.182. The molecule has 0 saturated carbocycles. The number of hydrogen-bond acceptors (Lipinski definition) is 4. The van der Waals surface area contributed by atoms with Gasteiger partial charge in [-0.05, 0) is 69.9 Å². The van der Waals surface area contributed by atoms with Crippen LogP contribution >= 0.6 is 42.5 Å². The summed E-state index contributed by atoms with van der Waals surface area (Å²) in [5.41, 5.74) is 0. The molecule has 0 radical (unpaired) electrons. The third-order valence-corrected chi connectivity index (χ3v) is 5.87. The van der Waals surface area contributed by atoms with Crippen LogP contribution in [0.2, 0.25) is 0 Å². The van der Waals surface area contributed by atoms with Gasteiger partial charge in [-0.15, -0.1) is 0 Å². The van der Waals surface area contributed by atoms with Crippen LogP contribution in [-0.2, 0) is 9.05 Å². The molecule has 0 atom stereocenters. The summed E-state index contributed by atoms with van der Waals surface area (Å²) in [4.78, 5) is 2.41. The predicted molar refractivity (Wildman–Crippen MR) is 90.7 cm³/mol. The van der Waals surface area contributed by atoms with Crippen LogP contribution in [0.3, 0.4) is 0 Å². The summed E-state index contributed by atoms with van der Waals surface area (Å²) in [7, 11) is 1.59. The molecular formula is C13H16Br2ClNO3S. The van der Waals surface area contributed by atoms with Gasteiger partial charge in [0.05, 0.1) is 13.8 Å². The Bertz CT molecular complexity index is 580. The molecule has 1 saturated heterocycles. The van der Waals surface area contributed by atoms with Crippen molar-refractivity contribution in [3.8, 4) is 5.75 Å². The van der Waals surface area contributed by atoms with E-state index in [9.17, 15) is 8.42 Å². The fourth-order valence-corrected chi connectivity index (χ4v) is 4.78. The number of likely N-dealkylation sites (tertiary alicyclic amines) is 1. The summed E-state index contributed by atoms with van der Waals surface area (Å²) in [6.07, 6.45) is 3.80. The Morgan fingerprint density at radius 3 is 2.24 bits per heavy atom. The molecule has 0 bridgehead atoms. The predicted octanol–water partition coefficient (Wildman–Crippen LogP) is 4.00. The summed E-state index contributed by atoms with van der Waals surface area (Å²) >= 11 is 6.65. The maximum absolute atomic E-state index is 11.3. The van der Waals surface area contributed by atoms with Crippen molar-refractivity contribution in [2.24, 2.45) is 0 Å². The zero-order chi connectivity index (χ0) is 15.5. The van der Waals surface area contributed by atoms with Gasteiger partial charge in [0.1, 0.15) is 12.4 Å². The molecule has 1 aliphatic rings. The summed E-state index contributed by atoms with van der Waals surface area (Å²) < 4.78 is 29.6. The van der Waals surface area contributed by atoms with E-state index in [-0.39, 0.29) is 4.90 Å². The highest BCUT2D eigenvalue weighted by Gasteiger charge is 2.17. The van der Waals surface area contributed by atoms with Gasteiger partial charge >= 0.3 is 0 Å². The second-order valence-corrected chi connectivity index (χ2v) is 9.18. The van der Waals surface area contributed by atoms with Gasteiger partial charge in [0.25, 0.3) is 9.05 Å². The zero-order valence-corrected chi connectivity index (χ0v) is 16.1. The minimum Gasteiger partial charge on any atom is -0.490 e. The zero-order valence-electron chi connectivity index (χ0n) is 11.3. The standard InChI is InChI=1S/C13H16Br2ClNO3S/c14-11-8-10(21(16,18)19)9-12(15)13(11)20-7-6-17-4-2-1-3-5-17/h8-9H,1-7H2. The molecule has 0 N–H and O–H groups in total. The van der Waals surface area contributed by atoms with Crippen molar-refractivity contribution in [1.82, 2.24) is 4.90 Å². The van der Waals surface area contributed by atoms with Crippen molar-refractivity contribution in [1.29, 1.82) is 0 Å². The molecule has 118 valence electrons. The molecule has 1 aromatic carbocycles. The van der Waals surface area contributed by atoms with Crippen molar-refractivity contribution in [3.05, 3.63) is 21.1 Å². The number of piperidine rings is 1. The van der Waals surface area contributed by atoms with E-state index in [1.165, 1.54) is 31.4 Å². The van der Waals surface area contributed by atoms with Gasteiger partial charge in [-0.2, -0.15) is 0 Å². The van der Waals surface area contributed by atoms with E-state index in [1.807, 2.05) is 0 Å². The first-order valence-corrected chi connectivity index (χ1v) is 10.6. The number of benzene rings is 1. The van der Waals surface area contributed by atoms with Crippen LogP contribution in [-0.4, -0.2) is 39.6 Å². The molecule has 0 amide bonds. The second-order valence-electron chi connectivity index (χ2n) is 4.90. The Hall–Kier alpha value is 0.180. The fraction of sp³-hybridized carbons (Fsp3) is 0.538. The normalized spacial score (nSPS) is 16.9. The summed E-state index contributed by atoms with van der Waals surface area (Å²) in [5.74, 6) is 0.594. The van der Waals surface area contributed by atoms with Gasteiger partial charge in [0.2, 0.25) is 0 Å². The molecule has 8 heteroatoms. The van der Waals surface area contributed by atoms with E-state index < -0.39 is 9.05 Å². The van der Waals surface area contributed by atoms with E-state index in [2.05, 4.69) is 36.8 Å². The minimum atomic E-state index is -3.75. The number of halogens is 3. The van der Waals surface area contributed by atoms with Crippen LogP contribution in [0.4, 0.5) is 0 Å². The first kappa shape index (κ1) is 17.5. The minimum absolute atomic E-state index is 0.0336. The molecule has 0 aliphatic carbocycles. The molecule has 0 unspecified atom stereocenters. The second kappa shape index (κ2) is 7.64. The molecular weight excluding hydrogens is 445 g/mol. The van der Waals surface area contributed by atoms with Crippen molar-refractivity contribution in [2.75, 3.05) is 26.2 Å². The van der Waals surface area contributed by atoms with Crippen LogP contribution < -0.4 is 4.74 Å². The summed E-state index contributed by atoms with van der Waals surface area (Å²) in [6.45, 7) is 3.67. The van der Waals surface area contributed by atoms with Gasteiger partial charge in [-0.3, -0.25) is 4.90 Å². The van der Waals surface area contributed by atoms with Crippen LogP contribution in [0.1, 0.15) is 19.3 Å².